The van der Waals surface area contributed by atoms with E-state index in [9.17, 15) is 28.1 Å². The van der Waals surface area contributed by atoms with Crippen LogP contribution in [0, 0.1) is 17.0 Å². The number of carbonyl (C=O) groups excluding carboxylic acids is 2. The number of nitrogens with zero attached hydrogens (tertiary/aromatic N) is 3. The van der Waals surface area contributed by atoms with E-state index in [0.29, 0.717) is 11.3 Å². The average molecular weight is 528 g/mol. The van der Waals surface area contributed by atoms with Crippen LogP contribution in [-0.4, -0.2) is 61.9 Å². The van der Waals surface area contributed by atoms with Crippen molar-refractivity contribution in [2.45, 2.75) is 18.2 Å². The van der Waals surface area contributed by atoms with Crippen molar-refractivity contribution in [2.24, 2.45) is 0 Å². The molecule has 3 rings (SSSR count). The number of hydrogen-bond acceptors (Lipinski definition) is 9. The number of benzene rings is 2. The first kappa shape index (κ1) is 27.4. The Morgan fingerprint density at radius 2 is 1.73 bits per heavy atom. The topological polar surface area (TPSA) is 146 Å². The number of nitro benzene ring substituents is 1. The van der Waals surface area contributed by atoms with Gasteiger partial charge >= 0.3 is 11.9 Å². The Balaban J connectivity index is 2.00. The van der Waals surface area contributed by atoms with Crippen molar-refractivity contribution < 1.29 is 32.4 Å². The summed E-state index contributed by atoms with van der Waals surface area (Å²) in [5.74, 6) is -1.45. The van der Waals surface area contributed by atoms with E-state index in [-0.39, 0.29) is 34.8 Å². The lowest BCUT2D eigenvalue weighted by Gasteiger charge is -2.21. The molecule has 3 aromatic rings. The van der Waals surface area contributed by atoms with Crippen LogP contribution in [0.2, 0.25) is 0 Å². The van der Waals surface area contributed by atoms with E-state index in [1.807, 2.05) is 6.92 Å². The maximum Gasteiger partial charge on any atom is 0.339 e. The summed E-state index contributed by atoms with van der Waals surface area (Å²) in [7, 11) is -1.74. The minimum atomic E-state index is -4.10. The zero-order chi connectivity index (χ0) is 27.2. The van der Waals surface area contributed by atoms with E-state index in [1.54, 1.807) is 18.2 Å². The first-order valence-electron chi connectivity index (χ1n) is 11.0. The standard InChI is InChI=1S/C25H25N3O8S/c1-17-7-9-20(10-8-17)37(33,34)27(16-24(29)35-2)14-13-23-21(25(30)36-3)11-12-22(26-23)18-5-4-6-19(15-18)28(31)32/h4-12,15H,13-14,16H2,1-3H3. The van der Waals surface area contributed by atoms with Crippen LogP contribution in [0.4, 0.5) is 5.69 Å². The van der Waals surface area contributed by atoms with Crippen LogP contribution in [-0.2, 0) is 30.7 Å². The molecule has 0 saturated heterocycles. The molecule has 0 saturated carbocycles. The molecule has 0 fully saturated rings. The highest BCUT2D eigenvalue weighted by Gasteiger charge is 2.28. The summed E-state index contributed by atoms with van der Waals surface area (Å²) in [4.78, 5) is 39.6. The molecule has 37 heavy (non-hydrogen) atoms. The molecule has 194 valence electrons. The fourth-order valence-electron chi connectivity index (χ4n) is 3.51. The number of pyridine rings is 1. The Morgan fingerprint density at radius 3 is 2.35 bits per heavy atom. The number of carbonyl (C=O) groups is 2. The second-order valence-electron chi connectivity index (χ2n) is 7.97. The van der Waals surface area contributed by atoms with E-state index >= 15 is 0 Å². The molecule has 2 aromatic carbocycles. The summed E-state index contributed by atoms with van der Waals surface area (Å²) in [5, 5.41) is 11.2. The quantitative estimate of drug-likeness (QED) is 0.220. The number of aromatic nitrogens is 1. The number of methoxy groups -OCH3 is 2. The molecule has 0 amide bonds. The number of ether oxygens (including phenoxy) is 2. The minimum absolute atomic E-state index is 0.00602. The van der Waals surface area contributed by atoms with Gasteiger partial charge in [0.05, 0.1) is 41.0 Å². The third-order valence-corrected chi connectivity index (χ3v) is 7.38. The molecule has 0 aliphatic heterocycles. The summed E-state index contributed by atoms with van der Waals surface area (Å²) in [6.45, 7) is 1.06. The molecule has 11 nitrogen and oxygen atoms in total. The average Bonchev–Trinajstić information content (AvgIpc) is 2.90. The van der Waals surface area contributed by atoms with Crippen molar-refractivity contribution in [1.82, 2.24) is 9.29 Å². The molecule has 0 atom stereocenters. The maximum absolute atomic E-state index is 13.3. The van der Waals surface area contributed by atoms with Gasteiger partial charge in [-0.25, -0.2) is 13.2 Å². The van der Waals surface area contributed by atoms with Gasteiger partial charge in [-0.15, -0.1) is 0 Å². The number of nitro groups is 1. The van der Waals surface area contributed by atoms with Crippen LogP contribution < -0.4 is 0 Å². The monoisotopic (exact) mass is 527 g/mol. The van der Waals surface area contributed by atoms with Gasteiger partial charge in [0, 0.05) is 30.7 Å². The Kier molecular flexibility index (Phi) is 8.69. The molecule has 0 aliphatic rings. The van der Waals surface area contributed by atoms with Crippen LogP contribution in [0.3, 0.4) is 0 Å². The van der Waals surface area contributed by atoms with Gasteiger partial charge in [0.25, 0.3) is 5.69 Å². The maximum atomic E-state index is 13.3. The van der Waals surface area contributed by atoms with Gasteiger partial charge in [-0.1, -0.05) is 29.8 Å². The zero-order valence-corrected chi connectivity index (χ0v) is 21.2. The number of aryl methyl sites for hydroxylation is 1. The van der Waals surface area contributed by atoms with Gasteiger partial charge in [0.2, 0.25) is 10.0 Å². The number of non-ortho nitro benzene ring substituents is 1. The summed E-state index contributed by atoms with van der Waals surface area (Å²) in [6, 6.07) is 15.0. The molecule has 0 aliphatic carbocycles. The number of rotatable bonds is 10. The molecule has 0 radical (unpaired) electrons. The van der Waals surface area contributed by atoms with Gasteiger partial charge in [-0.3, -0.25) is 19.9 Å². The van der Waals surface area contributed by atoms with Gasteiger partial charge in [-0.05, 0) is 31.2 Å². The van der Waals surface area contributed by atoms with Crippen molar-refractivity contribution >= 4 is 27.6 Å². The van der Waals surface area contributed by atoms with E-state index in [0.717, 1.165) is 17.0 Å². The second-order valence-corrected chi connectivity index (χ2v) is 9.91. The molecular formula is C25H25N3O8S. The van der Waals surface area contributed by atoms with Crippen LogP contribution in [0.25, 0.3) is 11.3 Å². The molecule has 12 heteroatoms. The largest absolute Gasteiger partial charge is 0.468 e. The Bertz CT molecular complexity index is 1420. The Hall–Kier alpha value is -4.16. The van der Waals surface area contributed by atoms with Gasteiger partial charge in [-0.2, -0.15) is 4.31 Å². The van der Waals surface area contributed by atoms with Crippen molar-refractivity contribution in [1.29, 1.82) is 0 Å². The van der Waals surface area contributed by atoms with E-state index < -0.39 is 33.4 Å². The smallest absolute Gasteiger partial charge is 0.339 e. The SMILES string of the molecule is COC(=O)CN(CCc1nc(-c2cccc([N+](=O)[O-])c2)ccc1C(=O)OC)S(=O)(=O)c1ccc(C)cc1. The summed E-state index contributed by atoms with van der Waals surface area (Å²) < 4.78 is 37.1. The van der Waals surface area contributed by atoms with Crippen molar-refractivity contribution in [3.05, 3.63) is 87.6 Å². The molecule has 0 bridgehead atoms. The highest BCUT2D eigenvalue weighted by atomic mass is 32.2. The second kappa shape index (κ2) is 11.7. The summed E-state index contributed by atoms with van der Waals surface area (Å²) >= 11 is 0. The van der Waals surface area contributed by atoms with Gasteiger partial charge in [0.1, 0.15) is 6.54 Å². The molecule has 0 N–H and O–H groups in total. The molecule has 1 aromatic heterocycles. The lowest BCUT2D eigenvalue weighted by atomic mass is 10.1. The predicted octanol–water partition coefficient (Wildman–Crippen LogP) is 3.16. The van der Waals surface area contributed by atoms with Crippen molar-refractivity contribution in [2.75, 3.05) is 27.3 Å². The fourth-order valence-corrected chi connectivity index (χ4v) is 4.90. The van der Waals surface area contributed by atoms with Crippen LogP contribution >= 0.6 is 0 Å². The number of hydrogen-bond donors (Lipinski definition) is 0. The highest BCUT2D eigenvalue weighted by Crippen LogP contribution is 2.25. The fraction of sp³-hybridized carbons (Fsp3) is 0.240. The lowest BCUT2D eigenvalue weighted by Crippen LogP contribution is -2.38. The number of sulfonamides is 1. The Labute approximate surface area is 213 Å². The van der Waals surface area contributed by atoms with Crippen molar-refractivity contribution in [3.63, 3.8) is 0 Å². The summed E-state index contributed by atoms with van der Waals surface area (Å²) in [5.41, 5.74) is 1.81. The Morgan fingerprint density at radius 1 is 1.03 bits per heavy atom. The summed E-state index contributed by atoms with van der Waals surface area (Å²) in [6.07, 6.45) is -0.0602. The van der Waals surface area contributed by atoms with E-state index in [1.165, 1.54) is 49.6 Å². The van der Waals surface area contributed by atoms with Crippen molar-refractivity contribution in [3.8, 4) is 11.3 Å². The van der Waals surface area contributed by atoms with Crippen LogP contribution in [0.5, 0.6) is 0 Å². The third-order valence-electron chi connectivity index (χ3n) is 5.52. The highest BCUT2D eigenvalue weighted by molar-refractivity contribution is 7.89. The normalized spacial score (nSPS) is 11.2. The first-order chi connectivity index (χ1) is 17.6. The van der Waals surface area contributed by atoms with Gasteiger partial charge < -0.3 is 9.47 Å². The first-order valence-corrected chi connectivity index (χ1v) is 12.5. The van der Waals surface area contributed by atoms with E-state index in [4.69, 9.17) is 4.74 Å². The van der Waals surface area contributed by atoms with Crippen LogP contribution in [0.1, 0.15) is 21.6 Å². The molecular weight excluding hydrogens is 502 g/mol. The number of esters is 2. The van der Waals surface area contributed by atoms with E-state index in [2.05, 4.69) is 9.72 Å². The van der Waals surface area contributed by atoms with Crippen LogP contribution in [0.15, 0.2) is 65.6 Å². The third kappa shape index (κ3) is 6.54. The van der Waals surface area contributed by atoms with Gasteiger partial charge in [0.15, 0.2) is 0 Å². The minimum Gasteiger partial charge on any atom is -0.468 e. The zero-order valence-electron chi connectivity index (χ0n) is 20.4. The lowest BCUT2D eigenvalue weighted by molar-refractivity contribution is -0.384. The molecule has 0 spiro atoms. The predicted molar refractivity (Wildman–Crippen MR) is 133 cm³/mol. The molecule has 1 heterocycles. The molecule has 0 unspecified atom stereocenters.